The molecule has 3 N–H and O–H groups in total. The third-order valence-electron chi connectivity index (χ3n) is 6.59. The summed E-state index contributed by atoms with van der Waals surface area (Å²) in [6.07, 6.45) is 7.79. The van der Waals surface area contributed by atoms with Crippen molar-refractivity contribution in [1.82, 2.24) is 24.5 Å². The lowest BCUT2D eigenvalue weighted by molar-refractivity contribution is 0.304. The van der Waals surface area contributed by atoms with Crippen LogP contribution in [0.15, 0.2) is 97.7 Å². The molecule has 39 heavy (non-hydrogen) atoms. The van der Waals surface area contributed by atoms with Crippen molar-refractivity contribution in [3.05, 3.63) is 115 Å². The number of rotatable bonds is 9. The fourth-order valence-electron chi connectivity index (χ4n) is 4.64. The highest BCUT2D eigenvalue weighted by atomic mass is 16.5. The molecular weight excluding hydrogens is 488 g/mol. The van der Waals surface area contributed by atoms with Crippen molar-refractivity contribution in [2.75, 3.05) is 12.3 Å². The van der Waals surface area contributed by atoms with E-state index in [2.05, 4.69) is 44.3 Å². The second-order valence-electron chi connectivity index (χ2n) is 9.26. The van der Waals surface area contributed by atoms with Crippen LogP contribution in [0.5, 0.6) is 11.5 Å². The zero-order chi connectivity index (χ0) is 26.6. The van der Waals surface area contributed by atoms with Gasteiger partial charge in [0.05, 0.1) is 17.7 Å². The number of aryl methyl sites for hydroxylation is 1. The van der Waals surface area contributed by atoms with Gasteiger partial charge in [-0.3, -0.25) is 0 Å². The Balaban J connectivity index is 1.30. The standard InChI is InChI=1S/C31H28N6O2/c1-21-16-23(10-11-27(21)39-19-22-6-3-2-4-7-22)26-18-37(31-29(26)30(32)35-20-36-31)24-8-5-9-25(17-24)38-15-12-28-33-13-14-34-28/h2-11,13-14,16-18,20H,12,15,19H2,1H3,(H,33,34)(H2,32,35,36). The van der Waals surface area contributed by atoms with Gasteiger partial charge in [-0.25, -0.2) is 15.0 Å². The molecule has 6 aromatic rings. The summed E-state index contributed by atoms with van der Waals surface area (Å²) in [6, 6.07) is 24.2. The molecule has 0 saturated carbocycles. The molecule has 0 amide bonds. The van der Waals surface area contributed by atoms with Crippen LogP contribution in [0.25, 0.3) is 27.8 Å². The molecular formula is C31H28N6O2. The topological polar surface area (TPSA) is 104 Å². The number of fused-ring (bicyclic) bond motifs is 1. The van der Waals surface area contributed by atoms with Crippen molar-refractivity contribution >= 4 is 16.9 Å². The van der Waals surface area contributed by atoms with Gasteiger partial charge in [-0.15, -0.1) is 0 Å². The average Bonchev–Trinajstić information content (AvgIpc) is 3.62. The molecule has 3 aromatic carbocycles. The van der Waals surface area contributed by atoms with E-state index in [0.717, 1.165) is 56.3 Å². The van der Waals surface area contributed by atoms with Gasteiger partial charge in [0.15, 0.2) is 5.65 Å². The monoisotopic (exact) mass is 516 g/mol. The molecule has 0 saturated heterocycles. The van der Waals surface area contributed by atoms with E-state index in [9.17, 15) is 0 Å². The van der Waals surface area contributed by atoms with Gasteiger partial charge < -0.3 is 24.8 Å². The van der Waals surface area contributed by atoms with Crippen LogP contribution in [0.2, 0.25) is 0 Å². The summed E-state index contributed by atoms with van der Waals surface area (Å²) in [4.78, 5) is 16.2. The van der Waals surface area contributed by atoms with Gasteiger partial charge in [0.2, 0.25) is 0 Å². The molecule has 8 nitrogen and oxygen atoms in total. The quantitative estimate of drug-likeness (QED) is 0.248. The highest BCUT2D eigenvalue weighted by Gasteiger charge is 2.17. The summed E-state index contributed by atoms with van der Waals surface area (Å²) in [6.45, 7) is 3.08. The number of nitrogens with zero attached hydrogens (tertiary/aromatic N) is 4. The summed E-state index contributed by atoms with van der Waals surface area (Å²) < 4.78 is 14.1. The van der Waals surface area contributed by atoms with Crippen LogP contribution >= 0.6 is 0 Å². The Kier molecular flexibility index (Phi) is 6.66. The summed E-state index contributed by atoms with van der Waals surface area (Å²) in [5, 5.41) is 0.805. The van der Waals surface area contributed by atoms with Crippen LogP contribution in [0, 0.1) is 6.92 Å². The fraction of sp³-hybridized carbons (Fsp3) is 0.129. The number of aromatic nitrogens is 5. The largest absolute Gasteiger partial charge is 0.493 e. The van der Waals surface area contributed by atoms with Gasteiger partial charge in [-0.05, 0) is 47.9 Å². The molecule has 0 spiro atoms. The first-order chi connectivity index (χ1) is 19.2. The first kappa shape index (κ1) is 24.2. The molecule has 8 heteroatoms. The van der Waals surface area contributed by atoms with Gasteiger partial charge in [-0.1, -0.05) is 42.5 Å². The molecule has 194 valence electrons. The van der Waals surface area contributed by atoms with Gasteiger partial charge in [0.25, 0.3) is 0 Å². The Hall–Kier alpha value is -5.11. The number of H-pyrrole nitrogens is 1. The molecule has 0 aliphatic heterocycles. The minimum atomic E-state index is 0.432. The van der Waals surface area contributed by atoms with Crippen molar-refractivity contribution in [3.8, 4) is 28.3 Å². The molecule has 3 aromatic heterocycles. The SMILES string of the molecule is Cc1cc(-c2cn(-c3cccc(OCCc4ncc[nH]4)c3)c3ncnc(N)c23)ccc1OCc1ccccc1. The van der Waals surface area contributed by atoms with Gasteiger partial charge in [0.1, 0.15) is 36.1 Å². The number of nitrogens with one attached hydrogen (secondary N) is 1. The number of anilines is 1. The Labute approximate surface area is 226 Å². The predicted octanol–water partition coefficient (Wildman–Crippen LogP) is 5.90. The maximum Gasteiger partial charge on any atom is 0.150 e. The zero-order valence-corrected chi connectivity index (χ0v) is 21.5. The Morgan fingerprint density at radius 3 is 2.64 bits per heavy atom. The lowest BCUT2D eigenvalue weighted by Gasteiger charge is -2.11. The number of hydrogen-bond donors (Lipinski definition) is 2. The highest BCUT2D eigenvalue weighted by molar-refractivity contribution is 6.01. The van der Waals surface area contributed by atoms with Crippen molar-refractivity contribution in [2.45, 2.75) is 20.0 Å². The molecule has 3 heterocycles. The number of aromatic amines is 1. The zero-order valence-electron chi connectivity index (χ0n) is 21.5. The normalized spacial score (nSPS) is 11.1. The lowest BCUT2D eigenvalue weighted by atomic mass is 10.0. The highest BCUT2D eigenvalue weighted by Crippen LogP contribution is 2.36. The van der Waals surface area contributed by atoms with Crippen LogP contribution in [0.3, 0.4) is 0 Å². The van der Waals surface area contributed by atoms with E-state index >= 15 is 0 Å². The number of nitrogens with two attached hydrogens (primary N) is 1. The minimum absolute atomic E-state index is 0.432. The van der Waals surface area contributed by atoms with E-state index in [4.69, 9.17) is 15.2 Å². The van der Waals surface area contributed by atoms with Crippen LogP contribution in [-0.4, -0.2) is 31.1 Å². The van der Waals surface area contributed by atoms with E-state index in [-0.39, 0.29) is 0 Å². The number of imidazole rings is 1. The van der Waals surface area contributed by atoms with Crippen molar-refractivity contribution in [1.29, 1.82) is 0 Å². The van der Waals surface area contributed by atoms with Crippen LogP contribution in [-0.2, 0) is 13.0 Å². The molecule has 0 fully saturated rings. The van der Waals surface area contributed by atoms with E-state index in [0.29, 0.717) is 25.5 Å². The average molecular weight is 517 g/mol. The van der Waals surface area contributed by atoms with Crippen LogP contribution < -0.4 is 15.2 Å². The van der Waals surface area contributed by atoms with Crippen LogP contribution in [0.1, 0.15) is 17.0 Å². The van der Waals surface area contributed by atoms with Crippen molar-refractivity contribution in [3.63, 3.8) is 0 Å². The molecule has 0 radical (unpaired) electrons. The number of benzene rings is 3. The Morgan fingerprint density at radius 1 is 0.923 bits per heavy atom. The third kappa shape index (κ3) is 5.17. The molecule has 0 bridgehead atoms. The maximum absolute atomic E-state index is 6.39. The third-order valence-corrected chi connectivity index (χ3v) is 6.59. The molecule has 0 atom stereocenters. The van der Waals surface area contributed by atoms with Crippen molar-refractivity contribution in [2.24, 2.45) is 0 Å². The van der Waals surface area contributed by atoms with Crippen LogP contribution in [0.4, 0.5) is 5.82 Å². The summed E-state index contributed by atoms with van der Waals surface area (Å²) in [7, 11) is 0. The molecule has 0 aliphatic rings. The molecule has 6 rings (SSSR count). The first-order valence-corrected chi connectivity index (χ1v) is 12.8. The second kappa shape index (κ2) is 10.7. The maximum atomic E-state index is 6.39. The molecule has 0 unspecified atom stereocenters. The molecule has 0 aliphatic carbocycles. The second-order valence-corrected chi connectivity index (χ2v) is 9.26. The van der Waals surface area contributed by atoms with Gasteiger partial charge in [0, 0.05) is 36.6 Å². The number of hydrogen-bond acceptors (Lipinski definition) is 6. The van der Waals surface area contributed by atoms with Gasteiger partial charge in [-0.2, -0.15) is 0 Å². The lowest BCUT2D eigenvalue weighted by Crippen LogP contribution is -2.03. The van der Waals surface area contributed by atoms with E-state index in [1.165, 1.54) is 6.33 Å². The number of ether oxygens (including phenoxy) is 2. The Morgan fingerprint density at radius 2 is 1.82 bits per heavy atom. The smallest absolute Gasteiger partial charge is 0.150 e. The predicted molar refractivity (Wildman–Crippen MR) is 152 cm³/mol. The minimum Gasteiger partial charge on any atom is -0.493 e. The summed E-state index contributed by atoms with van der Waals surface area (Å²) in [5.74, 6) is 2.93. The number of nitrogen functional groups attached to an aromatic ring is 1. The summed E-state index contributed by atoms with van der Waals surface area (Å²) >= 11 is 0. The van der Waals surface area contributed by atoms with Gasteiger partial charge >= 0.3 is 0 Å². The van der Waals surface area contributed by atoms with E-state index < -0.39 is 0 Å². The van der Waals surface area contributed by atoms with Crippen molar-refractivity contribution < 1.29 is 9.47 Å². The summed E-state index contributed by atoms with van der Waals surface area (Å²) in [5.41, 5.74) is 12.1. The fourth-order valence-corrected chi connectivity index (χ4v) is 4.64. The first-order valence-electron chi connectivity index (χ1n) is 12.8. The van der Waals surface area contributed by atoms with E-state index in [1.807, 2.05) is 72.3 Å². The Bertz CT molecular complexity index is 1710. The van der Waals surface area contributed by atoms with E-state index in [1.54, 1.807) is 6.20 Å².